The molecule has 176 valence electrons. The Morgan fingerprint density at radius 3 is 2.79 bits per heavy atom. The zero-order valence-electron chi connectivity index (χ0n) is 19.0. The molecule has 0 aliphatic carbocycles. The van der Waals surface area contributed by atoms with Crippen LogP contribution >= 0.6 is 11.3 Å². The highest BCUT2D eigenvalue weighted by Crippen LogP contribution is 2.35. The van der Waals surface area contributed by atoms with Crippen LogP contribution in [0.4, 0.5) is 0 Å². The van der Waals surface area contributed by atoms with Crippen LogP contribution in [0.5, 0.6) is 23.0 Å². The van der Waals surface area contributed by atoms with Gasteiger partial charge in [0.1, 0.15) is 6.61 Å². The Hall–Kier alpha value is -3.59. The van der Waals surface area contributed by atoms with E-state index in [0.717, 1.165) is 18.4 Å². The van der Waals surface area contributed by atoms with Crippen molar-refractivity contribution in [3.63, 3.8) is 0 Å². The summed E-state index contributed by atoms with van der Waals surface area (Å²) in [5.41, 5.74) is 0.617. The largest absolute Gasteiger partial charge is 0.490 e. The van der Waals surface area contributed by atoms with Crippen molar-refractivity contribution in [3.8, 4) is 23.0 Å². The number of ether oxygens (including phenoxy) is 4. The van der Waals surface area contributed by atoms with E-state index in [1.54, 1.807) is 0 Å². The monoisotopic (exact) mass is 479 g/mol. The number of benzene rings is 2. The van der Waals surface area contributed by atoms with E-state index in [9.17, 15) is 4.79 Å². The van der Waals surface area contributed by atoms with Crippen molar-refractivity contribution in [2.24, 2.45) is 0 Å². The van der Waals surface area contributed by atoms with E-state index in [1.165, 1.54) is 15.9 Å². The van der Waals surface area contributed by atoms with Gasteiger partial charge in [-0.05, 0) is 49.2 Å². The number of fused-ring (bicyclic) bond motifs is 2. The second-order valence-corrected chi connectivity index (χ2v) is 8.79. The Morgan fingerprint density at radius 1 is 1.15 bits per heavy atom. The molecule has 0 saturated heterocycles. The maximum Gasteiger partial charge on any atom is 0.291 e. The number of aromatic nitrogens is 3. The molecule has 34 heavy (non-hydrogen) atoms. The van der Waals surface area contributed by atoms with Crippen molar-refractivity contribution < 1.29 is 18.9 Å². The molecule has 1 aliphatic rings. The summed E-state index contributed by atoms with van der Waals surface area (Å²) in [7, 11) is 0. The predicted molar refractivity (Wildman–Crippen MR) is 129 cm³/mol. The van der Waals surface area contributed by atoms with Crippen LogP contribution in [-0.4, -0.2) is 34.4 Å². The van der Waals surface area contributed by atoms with E-state index in [1.807, 2.05) is 55.5 Å². The zero-order chi connectivity index (χ0) is 23.5. The fourth-order valence-corrected chi connectivity index (χ4v) is 4.53. The van der Waals surface area contributed by atoms with Gasteiger partial charge < -0.3 is 18.9 Å². The maximum atomic E-state index is 13.0. The Kier molecular flexibility index (Phi) is 6.35. The third-order valence-electron chi connectivity index (χ3n) is 5.32. The molecule has 9 heteroatoms. The molecule has 0 unspecified atom stereocenters. The molecule has 3 heterocycles. The van der Waals surface area contributed by atoms with Gasteiger partial charge in [0.05, 0.1) is 17.7 Å². The maximum absolute atomic E-state index is 13.0. The molecule has 0 amide bonds. The van der Waals surface area contributed by atoms with Crippen molar-refractivity contribution in [1.29, 1.82) is 0 Å². The number of nitrogens with zero attached hydrogens (tertiary/aromatic N) is 3. The average molecular weight is 480 g/mol. The highest BCUT2D eigenvalue weighted by molar-refractivity contribution is 7.15. The Morgan fingerprint density at radius 2 is 2.00 bits per heavy atom. The van der Waals surface area contributed by atoms with Crippen LogP contribution in [0.15, 0.2) is 47.3 Å². The van der Waals surface area contributed by atoms with Crippen molar-refractivity contribution in [2.45, 2.75) is 32.8 Å². The first kappa shape index (κ1) is 22.2. The molecular weight excluding hydrogens is 454 g/mol. The summed E-state index contributed by atoms with van der Waals surface area (Å²) in [4.78, 5) is 18.0. The molecule has 0 spiro atoms. The molecule has 0 radical (unpaired) electrons. The van der Waals surface area contributed by atoms with E-state index in [4.69, 9.17) is 18.9 Å². The molecule has 0 fully saturated rings. The highest BCUT2D eigenvalue weighted by Gasteiger charge is 2.27. The fourth-order valence-electron chi connectivity index (χ4n) is 3.61. The second-order valence-electron chi connectivity index (χ2n) is 7.79. The van der Waals surface area contributed by atoms with Crippen molar-refractivity contribution in [3.05, 3.63) is 68.7 Å². The minimum Gasteiger partial charge on any atom is -0.490 e. The van der Waals surface area contributed by atoms with Gasteiger partial charge in [-0.15, -0.1) is 5.10 Å². The lowest BCUT2D eigenvalue weighted by Gasteiger charge is -2.24. The van der Waals surface area contributed by atoms with Gasteiger partial charge in [-0.25, -0.2) is 0 Å². The SMILES string of the molecule is CCCCOc1ccc(/C=c2\sc3nc([C@@H]4COc5ccccc5O4)nn3c2=O)cc1OCC. The fraction of sp³-hybridized carbons (Fsp3) is 0.320. The van der Waals surface area contributed by atoms with E-state index >= 15 is 0 Å². The molecule has 2 aromatic heterocycles. The van der Waals surface area contributed by atoms with Crippen LogP contribution in [0.25, 0.3) is 11.0 Å². The molecule has 1 atom stereocenters. The topological polar surface area (TPSA) is 84.2 Å². The Labute approximate surface area is 200 Å². The average Bonchev–Trinajstić information content (AvgIpc) is 3.39. The Balaban J connectivity index is 1.41. The summed E-state index contributed by atoms with van der Waals surface area (Å²) < 4.78 is 25.2. The van der Waals surface area contributed by atoms with Crippen LogP contribution in [0.3, 0.4) is 0 Å². The first-order chi connectivity index (χ1) is 16.7. The number of hydrogen-bond donors (Lipinski definition) is 0. The summed E-state index contributed by atoms with van der Waals surface area (Å²) in [6.45, 7) is 5.50. The highest BCUT2D eigenvalue weighted by atomic mass is 32.1. The molecule has 5 rings (SSSR count). The minimum atomic E-state index is -0.470. The first-order valence-corrected chi connectivity index (χ1v) is 12.2. The van der Waals surface area contributed by atoms with Crippen LogP contribution in [-0.2, 0) is 0 Å². The van der Waals surface area contributed by atoms with Crippen LogP contribution in [0.1, 0.15) is 44.2 Å². The minimum absolute atomic E-state index is 0.225. The third-order valence-corrected chi connectivity index (χ3v) is 6.27. The lowest BCUT2D eigenvalue weighted by molar-refractivity contribution is 0.0852. The first-order valence-electron chi connectivity index (χ1n) is 11.4. The van der Waals surface area contributed by atoms with E-state index in [2.05, 4.69) is 17.0 Å². The van der Waals surface area contributed by atoms with Gasteiger partial charge in [0.2, 0.25) is 4.96 Å². The normalized spacial score (nSPS) is 15.6. The van der Waals surface area contributed by atoms with Gasteiger partial charge in [0.25, 0.3) is 5.56 Å². The molecule has 4 aromatic rings. The lowest BCUT2D eigenvalue weighted by Crippen LogP contribution is -2.26. The smallest absolute Gasteiger partial charge is 0.291 e. The standard InChI is InChI=1S/C25H25N3O5S/c1-3-5-12-31-18-11-10-16(13-20(18)30-4-2)14-22-24(29)28-25(34-22)26-23(27-28)21-15-32-17-8-6-7-9-19(17)33-21/h6-11,13-14,21H,3-5,12,15H2,1-2H3/b22-14-/t21-/m0/s1. The summed E-state index contributed by atoms with van der Waals surface area (Å²) >= 11 is 1.28. The van der Waals surface area contributed by atoms with Gasteiger partial charge in [0.15, 0.2) is 34.9 Å². The van der Waals surface area contributed by atoms with E-state index in [-0.39, 0.29) is 12.2 Å². The Bertz CT molecular complexity index is 1410. The summed E-state index contributed by atoms with van der Waals surface area (Å²) in [5, 5.41) is 4.41. The number of para-hydroxylation sites is 2. The van der Waals surface area contributed by atoms with Crippen LogP contribution < -0.4 is 29.0 Å². The summed E-state index contributed by atoms with van der Waals surface area (Å²) in [5.74, 6) is 3.13. The number of thiazole rings is 1. The summed E-state index contributed by atoms with van der Waals surface area (Å²) in [6.07, 6.45) is 3.39. The van der Waals surface area contributed by atoms with Crippen molar-refractivity contribution >= 4 is 22.4 Å². The van der Waals surface area contributed by atoms with Gasteiger partial charge in [-0.1, -0.05) is 42.9 Å². The van der Waals surface area contributed by atoms with E-state index in [0.29, 0.717) is 51.5 Å². The number of hydrogen-bond acceptors (Lipinski definition) is 8. The lowest BCUT2D eigenvalue weighted by atomic mass is 10.2. The van der Waals surface area contributed by atoms with Gasteiger partial charge in [0, 0.05) is 0 Å². The molecule has 1 aliphatic heterocycles. The van der Waals surface area contributed by atoms with Crippen LogP contribution in [0, 0.1) is 0 Å². The van der Waals surface area contributed by atoms with Gasteiger partial charge in [-0.3, -0.25) is 4.79 Å². The number of rotatable bonds is 8. The molecular formula is C25H25N3O5S. The zero-order valence-corrected chi connectivity index (χ0v) is 19.8. The predicted octanol–water partition coefficient (Wildman–Crippen LogP) is 3.79. The molecule has 8 nitrogen and oxygen atoms in total. The second kappa shape index (κ2) is 9.72. The van der Waals surface area contributed by atoms with Gasteiger partial charge in [-0.2, -0.15) is 9.50 Å². The van der Waals surface area contributed by atoms with E-state index < -0.39 is 6.10 Å². The molecule has 0 bridgehead atoms. The molecule has 2 aromatic carbocycles. The quantitative estimate of drug-likeness (QED) is 0.356. The molecule has 0 saturated carbocycles. The summed E-state index contributed by atoms with van der Waals surface area (Å²) in [6, 6.07) is 13.1. The third kappa shape index (κ3) is 4.43. The van der Waals surface area contributed by atoms with Crippen LogP contribution in [0.2, 0.25) is 0 Å². The van der Waals surface area contributed by atoms with Crippen molar-refractivity contribution in [2.75, 3.05) is 19.8 Å². The molecule has 0 N–H and O–H groups in total. The number of unbranched alkanes of at least 4 members (excludes halogenated alkanes) is 1. The van der Waals surface area contributed by atoms with Crippen molar-refractivity contribution in [1.82, 2.24) is 14.6 Å². The van der Waals surface area contributed by atoms with Gasteiger partial charge >= 0.3 is 0 Å².